The molecule has 7 nitrogen and oxygen atoms in total. The van der Waals surface area contributed by atoms with Gasteiger partial charge in [-0.05, 0) is 25.1 Å². The lowest BCUT2D eigenvalue weighted by atomic mass is 10.1. The molecular weight excluding hydrogens is 373 g/mol. The fourth-order valence-corrected chi connectivity index (χ4v) is 3.50. The number of rotatable bonds is 5. The SMILES string of the molecule is COc1ccc(OC2CCN(c3ncnc(-c4ccc(F)nc4)c3C)CC2)cn1. The minimum Gasteiger partial charge on any atom is -0.489 e. The molecule has 0 atom stereocenters. The number of aromatic nitrogens is 4. The van der Waals surface area contributed by atoms with Crippen LogP contribution in [0.15, 0.2) is 43.0 Å². The van der Waals surface area contributed by atoms with Gasteiger partial charge in [0.15, 0.2) is 0 Å². The molecule has 0 aromatic carbocycles. The first kappa shape index (κ1) is 19.0. The molecule has 29 heavy (non-hydrogen) atoms. The van der Waals surface area contributed by atoms with Gasteiger partial charge < -0.3 is 14.4 Å². The maximum absolute atomic E-state index is 13.1. The van der Waals surface area contributed by atoms with Crippen LogP contribution in [0, 0.1) is 12.9 Å². The average Bonchev–Trinajstić information content (AvgIpc) is 2.76. The number of nitrogens with zero attached hydrogens (tertiary/aromatic N) is 5. The van der Waals surface area contributed by atoms with Gasteiger partial charge in [0.25, 0.3) is 0 Å². The number of hydrogen-bond acceptors (Lipinski definition) is 7. The third kappa shape index (κ3) is 4.26. The number of ether oxygens (including phenoxy) is 2. The van der Waals surface area contributed by atoms with Crippen LogP contribution in [0.5, 0.6) is 11.6 Å². The quantitative estimate of drug-likeness (QED) is 0.613. The van der Waals surface area contributed by atoms with Crippen molar-refractivity contribution in [3.63, 3.8) is 0 Å². The topological polar surface area (TPSA) is 73.3 Å². The summed E-state index contributed by atoms with van der Waals surface area (Å²) in [4.78, 5) is 19.0. The van der Waals surface area contributed by atoms with Crippen LogP contribution >= 0.6 is 0 Å². The molecule has 4 heterocycles. The summed E-state index contributed by atoms with van der Waals surface area (Å²) in [7, 11) is 1.59. The predicted molar refractivity (Wildman–Crippen MR) is 107 cm³/mol. The van der Waals surface area contributed by atoms with Gasteiger partial charge in [-0.3, -0.25) is 0 Å². The Hall–Kier alpha value is -3.29. The van der Waals surface area contributed by atoms with Crippen molar-refractivity contribution in [2.24, 2.45) is 0 Å². The summed E-state index contributed by atoms with van der Waals surface area (Å²) in [5.74, 6) is 1.70. The summed E-state index contributed by atoms with van der Waals surface area (Å²) in [6.45, 7) is 3.64. The van der Waals surface area contributed by atoms with E-state index in [-0.39, 0.29) is 6.10 Å². The zero-order valence-electron chi connectivity index (χ0n) is 16.4. The highest BCUT2D eigenvalue weighted by Gasteiger charge is 2.24. The molecule has 8 heteroatoms. The van der Waals surface area contributed by atoms with E-state index in [0.717, 1.165) is 54.3 Å². The van der Waals surface area contributed by atoms with E-state index in [1.165, 1.54) is 12.3 Å². The number of methoxy groups -OCH3 is 1. The van der Waals surface area contributed by atoms with Crippen LogP contribution in [0.2, 0.25) is 0 Å². The number of piperidine rings is 1. The Kier molecular flexibility index (Phi) is 5.50. The van der Waals surface area contributed by atoms with E-state index >= 15 is 0 Å². The van der Waals surface area contributed by atoms with Gasteiger partial charge in [-0.15, -0.1) is 0 Å². The van der Waals surface area contributed by atoms with Crippen molar-refractivity contribution in [1.82, 2.24) is 19.9 Å². The third-order valence-corrected chi connectivity index (χ3v) is 5.02. The zero-order chi connectivity index (χ0) is 20.2. The highest BCUT2D eigenvalue weighted by molar-refractivity contribution is 5.67. The Morgan fingerprint density at radius 2 is 1.83 bits per heavy atom. The van der Waals surface area contributed by atoms with Crippen LogP contribution in [0.25, 0.3) is 11.3 Å². The fraction of sp³-hybridized carbons (Fsp3) is 0.333. The van der Waals surface area contributed by atoms with Crippen molar-refractivity contribution in [1.29, 1.82) is 0 Å². The number of hydrogen-bond donors (Lipinski definition) is 0. The highest BCUT2D eigenvalue weighted by atomic mass is 19.1. The second kappa shape index (κ2) is 8.38. The predicted octanol–water partition coefficient (Wildman–Crippen LogP) is 3.44. The van der Waals surface area contributed by atoms with Gasteiger partial charge in [-0.25, -0.2) is 19.9 Å². The molecule has 4 rings (SSSR count). The van der Waals surface area contributed by atoms with Crippen molar-refractivity contribution in [3.05, 3.63) is 54.5 Å². The Balaban J connectivity index is 1.43. The van der Waals surface area contributed by atoms with Gasteiger partial charge in [0.2, 0.25) is 11.8 Å². The lowest BCUT2D eigenvalue weighted by Gasteiger charge is -2.33. The van der Waals surface area contributed by atoms with Crippen molar-refractivity contribution >= 4 is 5.82 Å². The van der Waals surface area contributed by atoms with Gasteiger partial charge in [0, 0.05) is 49.3 Å². The standard InChI is InChI=1S/C21H22FN5O2/c1-14-20(15-3-5-18(22)23-11-15)25-13-26-21(14)27-9-7-16(8-10-27)29-17-4-6-19(28-2)24-12-17/h3-6,11-13,16H,7-10H2,1-2H3. The lowest BCUT2D eigenvalue weighted by molar-refractivity contribution is 0.169. The Morgan fingerprint density at radius 3 is 2.48 bits per heavy atom. The molecule has 150 valence electrons. The maximum atomic E-state index is 13.1. The average molecular weight is 395 g/mol. The van der Waals surface area contributed by atoms with Crippen LogP contribution in [0.3, 0.4) is 0 Å². The monoisotopic (exact) mass is 395 g/mol. The normalized spacial score (nSPS) is 14.7. The molecule has 0 bridgehead atoms. The minimum absolute atomic E-state index is 0.129. The fourth-order valence-electron chi connectivity index (χ4n) is 3.50. The molecule has 3 aromatic rings. The Bertz CT molecular complexity index is 958. The molecule has 0 spiro atoms. The van der Waals surface area contributed by atoms with E-state index in [0.29, 0.717) is 5.88 Å². The first-order valence-corrected chi connectivity index (χ1v) is 9.49. The molecule has 0 aliphatic carbocycles. The first-order valence-electron chi connectivity index (χ1n) is 9.49. The van der Waals surface area contributed by atoms with E-state index in [1.807, 2.05) is 13.0 Å². The van der Waals surface area contributed by atoms with Gasteiger partial charge in [-0.2, -0.15) is 4.39 Å². The van der Waals surface area contributed by atoms with Crippen LogP contribution in [0.4, 0.5) is 10.2 Å². The van der Waals surface area contributed by atoms with Crippen LogP contribution < -0.4 is 14.4 Å². The van der Waals surface area contributed by atoms with Gasteiger partial charge in [-0.1, -0.05) is 0 Å². The lowest BCUT2D eigenvalue weighted by Crippen LogP contribution is -2.39. The van der Waals surface area contributed by atoms with E-state index < -0.39 is 5.95 Å². The molecule has 0 radical (unpaired) electrons. The van der Waals surface area contributed by atoms with Gasteiger partial charge >= 0.3 is 0 Å². The van der Waals surface area contributed by atoms with Gasteiger partial charge in [0.1, 0.15) is 24.0 Å². The summed E-state index contributed by atoms with van der Waals surface area (Å²) in [5, 5.41) is 0. The van der Waals surface area contributed by atoms with Crippen molar-refractivity contribution in [2.45, 2.75) is 25.9 Å². The van der Waals surface area contributed by atoms with E-state index in [4.69, 9.17) is 9.47 Å². The molecule has 1 fully saturated rings. The zero-order valence-corrected chi connectivity index (χ0v) is 16.4. The summed E-state index contributed by atoms with van der Waals surface area (Å²) >= 11 is 0. The number of halogens is 1. The van der Waals surface area contributed by atoms with Crippen LogP contribution in [0.1, 0.15) is 18.4 Å². The number of pyridine rings is 2. The van der Waals surface area contributed by atoms with Crippen molar-refractivity contribution in [3.8, 4) is 22.9 Å². The Morgan fingerprint density at radius 1 is 1.00 bits per heavy atom. The van der Waals surface area contributed by atoms with E-state index in [2.05, 4.69) is 24.8 Å². The molecule has 0 amide bonds. The summed E-state index contributed by atoms with van der Waals surface area (Å²) < 4.78 is 24.3. The second-order valence-electron chi connectivity index (χ2n) is 6.88. The minimum atomic E-state index is -0.505. The molecule has 0 N–H and O–H groups in total. The Labute approximate surface area is 168 Å². The molecule has 0 unspecified atom stereocenters. The maximum Gasteiger partial charge on any atom is 0.213 e. The summed E-state index contributed by atoms with van der Waals surface area (Å²) in [6, 6.07) is 6.69. The van der Waals surface area contributed by atoms with Crippen LogP contribution in [-0.4, -0.2) is 46.2 Å². The van der Waals surface area contributed by atoms with Crippen LogP contribution in [-0.2, 0) is 0 Å². The molecule has 1 aliphatic heterocycles. The van der Waals surface area contributed by atoms with E-state index in [1.54, 1.807) is 31.8 Å². The number of anilines is 1. The van der Waals surface area contributed by atoms with Crippen molar-refractivity contribution < 1.29 is 13.9 Å². The largest absolute Gasteiger partial charge is 0.489 e. The highest BCUT2D eigenvalue weighted by Crippen LogP contribution is 2.29. The van der Waals surface area contributed by atoms with Gasteiger partial charge in [0.05, 0.1) is 19.0 Å². The molecule has 1 saturated heterocycles. The van der Waals surface area contributed by atoms with E-state index in [9.17, 15) is 4.39 Å². The summed E-state index contributed by atoms with van der Waals surface area (Å²) in [6.07, 6.45) is 6.61. The molecule has 0 saturated carbocycles. The second-order valence-corrected chi connectivity index (χ2v) is 6.88. The summed E-state index contributed by atoms with van der Waals surface area (Å²) in [5.41, 5.74) is 2.50. The third-order valence-electron chi connectivity index (χ3n) is 5.02. The molecule has 1 aliphatic rings. The first-order chi connectivity index (χ1) is 14.1. The molecular formula is C21H22FN5O2. The van der Waals surface area contributed by atoms with Crippen molar-refractivity contribution in [2.75, 3.05) is 25.1 Å². The smallest absolute Gasteiger partial charge is 0.213 e. The molecule has 3 aromatic heterocycles.